The molecule has 1 spiro atoms. The summed E-state index contributed by atoms with van der Waals surface area (Å²) >= 11 is 3.49. The van der Waals surface area contributed by atoms with Crippen molar-refractivity contribution in [3.63, 3.8) is 0 Å². The molecule has 0 radical (unpaired) electrons. The zero-order valence-electron chi connectivity index (χ0n) is 11.3. The van der Waals surface area contributed by atoms with Crippen LogP contribution in [0.25, 0.3) is 10.9 Å². The first kappa shape index (κ1) is 13.0. The van der Waals surface area contributed by atoms with Gasteiger partial charge in [-0.15, -0.1) is 0 Å². The maximum Gasteiger partial charge on any atom is 0.235 e. The fourth-order valence-electron chi connectivity index (χ4n) is 3.56. The summed E-state index contributed by atoms with van der Waals surface area (Å²) in [4.78, 5) is 28.6. The summed E-state index contributed by atoms with van der Waals surface area (Å²) < 4.78 is 0.964. The van der Waals surface area contributed by atoms with E-state index in [1.807, 2.05) is 18.2 Å². The molecular weight excluding hydrogens is 332 g/mol. The lowest BCUT2D eigenvalue weighted by atomic mass is 9.69. The SMILES string of the molecule is O=C1CCC2(CC1)C(=O)Nc1cnc3ccc(Br)cc3c12. The van der Waals surface area contributed by atoms with Crippen molar-refractivity contribution in [3.05, 3.63) is 34.4 Å². The molecule has 1 N–H and O–H groups in total. The fraction of sp³-hybridized carbons (Fsp3) is 0.312. The summed E-state index contributed by atoms with van der Waals surface area (Å²) in [6.07, 6.45) is 3.87. The summed E-state index contributed by atoms with van der Waals surface area (Å²) in [5, 5.41) is 3.95. The quantitative estimate of drug-likeness (QED) is 0.797. The number of aromatic nitrogens is 1. The molecule has 1 aliphatic carbocycles. The van der Waals surface area contributed by atoms with Gasteiger partial charge in [0.2, 0.25) is 5.91 Å². The van der Waals surface area contributed by atoms with E-state index in [2.05, 4.69) is 26.2 Å². The Labute approximate surface area is 130 Å². The molecule has 0 bridgehead atoms. The van der Waals surface area contributed by atoms with Crippen molar-refractivity contribution in [2.45, 2.75) is 31.1 Å². The van der Waals surface area contributed by atoms with Crippen molar-refractivity contribution in [1.82, 2.24) is 4.98 Å². The van der Waals surface area contributed by atoms with Crippen LogP contribution in [0, 0.1) is 0 Å². The van der Waals surface area contributed by atoms with Crippen LogP contribution in [-0.2, 0) is 15.0 Å². The molecule has 1 aromatic carbocycles. The third-order valence-corrected chi connectivity index (χ3v) is 5.15. The zero-order valence-corrected chi connectivity index (χ0v) is 12.9. The van der Waals surface area contributed by atoms with Gasteiger partial charge in [-0.1, -0.05) is 15.9 Å². The van der Waals surface area contributed by atoms with Gasteiger partial charge in [-0.2, -0.15) is 0 Å². The highest BCUT2D eigenvalue weighted by atomic mass is 79.9. The van der Waals surface area contributed by atoms with E-state index in [0.717, 1.165) is 26.6 Å². The lowest BCUT2D eigenvalue weighted by Gasteiger charge is -2.31. The molecule has 0 unspecified atom stereocenters. The van der Waals surface area contributed by atoms with E-state index in [1.54, 1.807) is 6.20 Å². The highest BCUT2D eigenvalue weighted by Gasteiger charge is 2.49. The zero-order chi connectivity index (χ0) is 14.6. The number of pyridine rings is 1. The third-order valence-electron chi connectivity index (χ3n) is 4.65. The van der Waals surface area contributed by atoms with Crippen molar-refractivity contribution < 1.29 is 9.59 Å². The molecule has 4 rings (SSSR count). The molecule has 0 saturated heterocycles. The fourth-order valence-corrected chi connectivity index (χ4v) is 3.92. The lowest BCUT2D eigenvalue weighted by Crippen LogP contribution is -2.38. The highest BCUT2D eigenvalue weighted by Crippen LogP contribution is 2.49. The van der Waals surface area contributed by atoms with Crippen LogP contribution >= 0.6 is 15.9 Å². The van der Waals surface area contributed by atoms with E-state index >= 15 is 0 Å². The minimum atomic E-state index is -0.564. The largest absolute Gasteiger partial charge is 0.324 e. The molecule has 106 valence electrons. The number of halogens is 1. The maximum absolute atomic E-state index is 12.6. The number of rotatable bonds is 0. The van der Waals surface area contributed by atoms with Gasteiger partial charge in [-0.3, -0.25) is 14.6 Å². The average Bonchev–Trinajstić information content (AvgIpc) is 2.75. The normalized spacial score (nSPS) is 19.9. The van der Waals surface area contributed by atoms with Crippen molar-refractivity contribution in [1.29, 1.82) is 0 Å². The van der Waals surface area contributed by atoms with Crippen LogP contribution in [0.1, 0.15) is 31.2 Å². The van der Waals surface area contributed by atoms with Crippen LogP contribution in [0.4, 0.5) is 5.69 Å². The number of hydrogen-bond donors (Lipinski definition) is 1. The molecule has 5 heteroatoms. The smallest absolute Gasteiger partial charge is 0.235 e. The number of benzene rings is 1. The van der Waals surface area contributed by atoms with Gasteiger partial charge in [0.05, 0.1) is 22.8 Å². The minimum Gasteiger partial charge on any atom is -0.324 e. The number of carbonyl (C=O) groups excluding carboxylic acids is 2. The van der Waals surface area contributed by atoms with Crippen LogP contribution < -0.4 is 5.32 Å². The summed E-state index contributed by atoms with van der Waals surface area (Å²) in [5.74, 6) is 0.265. The predicted molar refractivity (Wildman–Crippen MR) is 83.2 cm³/mol. The Hall–Kier alpha value is -1.75. The number of nitrogens with zero attached hydrogens (tertiary/aromatic N) is 1. The molecule has 0 atom stereocenters. The van der Waals surface area contributed by atoms with Crippen molar-refractivity contribution >= 4 is 44.2 Å². The van der Waals surface area contributed by atoms with Gasteiger partial charge in [-0.25, -0.2) is 0 Å². The molecule has 1 aromatic heterocycles. The number of carbonyl (C=O) groups is 2. The van der Waals surface area contributed by atoms with Gasteiger partial charge < -0.3 is 5.32 Å². The average molecular weight is 345 g/mol. The molecule has 2 aromatic rings. The van der Waals surface area contributed by atoms with E-state index in [-0.39, 0.29) is 11.7 Å². The van der Waals surface area contributed by atoms with E-state index < -0.39 is 5.41 Å². The van der Waals surface area contributed by atoms with Crippen LogP contribution in [0.2, 0.25) is 0 Å². The monoisotopic (exact) mass is 344 g/mol. The van der Waals surface area contributed by atoms with E-state index in [1.165, 1.54) is 0 Å². The number of amides is 1. The van der Waals surface area contributed by atoms with Gasteiger partial charge in [0.1, 0.15) is 5.78 Å². The maximum atomic E-state index is 12.6. The molecular formula is C16H13BrN2O2. The second-order valence-electron chi connectivity index (χ2n) is 5.78. The number of ketones is 1. The second kappa shape index (κ2) is 4.37. The van der Waals surface area contributed by atoms with Crippen LogP contribution in [0.15, 0.2) is 28.9 Å². The summed E-state index contributed by atoms with van der Waals surface area (Å²) in [6, 6.07) is 5.91. The number of Topliss-reactive ketones (excluding diaryl/α,β-unsaturated/α-hetero) is 1. The molecule has 4 nitrogen and oxygen atoms in total. The van der Waals surface area contributed by atoms with E-state index in [4.69, 9.17) is 0 Å². The Balaban J connectivity index is 2.00. The molecule has 2 aliphatic rings. The number of hydrogen-bond acceptors (Lipinski definition) is 3. The first-order valence-corrected chi connectivity index (χ1v) is 7.81. The molecule has 1 amide bonds. The van der Waals surface area contributed by atoms with Crippen LogP contribution in [0.5, 0.6) is 0 Å². The first-order valence-electron chi connectivity index (χ1n) is 7.02. The summed E-state index contributed by atoms with van der Waals surface area (Å²) in [7, 11) is 0. The first-order chi connectivity index (χ1) is 10.1. The van der Waals surface area contributed by atoms with Crippen LogP contribution in [0.3, 0.4) is 0 Å². The van der Waals surface area contributed by atoms with Crippen molar-refractivity contribution in [2.75, 3.05) is 5.32 Å². The topological polar surface area (TPSA) is 59.1 Å². The summed E-state index contributed by atoms with van der Waals surface area (Å²) in [5.41, 5.74) is 2.13. The molecule has 2 heterocycles. The second-order valence-corrected chi connectivity index (χ2v) is 6.70. The lowest BCUT2D eigenvalue weighted by molar-refractivity contribution is -0.126. The minimum absolute atomic E-state index is 0.0132. The number of nitrogens with one attached hydrogen (secondary N) is 1. The van der Waals surface area contributed by atoms with Crippen molar-refractivity contribution in [3.8, 4) is 0 Å². The number of fused-ring (bicyclic) bond motifs is 4. The Kier molecular flexibility index (Phi) is 2.70. The number of anilines is 1. The Morgan fingerprint density at radius 2 is 1.95 bits per heavy atom. The van der Waals surface area contributed by atoms with Gasteiger partial charge in [0.25, 0.3) is 0 Å². The Morgan fingerprint density at radius 3 is 2.71 bits per heavy atom. The highest BCUT2D eigenvalue weighted by molar-refractivity contribution is 9.10. The van der Waals surface area contributed by atoms with E-state index in [0.29, 0.717) is 25.7 Å². The molecule has 21 heavy (non-hydrogen) atoms. The van der Waals surface area contributed by atoms with E-state index in [9.17, 15) is 9.59 Å². The van der Waals surface area contributed by atoms with Gasteiger partial charge in [-0.05, 0) is 31.0 Å². The van der Waals surface area contributed by atoms with Gasteiger partial charge in [0, 0.05) is 28.3 Å². The van der Waals surface area contributed by atoms with Crippen LogP contribution in [-0.4, -0.2) is 16.7 Å². The molecule has 1 aliphatic heterocycles. The van der Waals surface area contributed by atoms with Gasteiger partial charge in [0.15, 0.2) is 0 Å². The molecule has 1 fully saturated rings. The summed E-state index contributed by atoms with van der Waals surface area (Å²) in [6.45, 7) is 0. The molecule has 1 saturated carbocycles. The Morgan fingerprint density at radius 1 is 1.19 bits per heavy atom. The Bertz CT molecular complexity index is 790. The third kappa shape index (κ3) is 1.77. The van der Waals surface area contributed by atoms with Crippen molar-refractivity contribution in [2.24, 2.45) is 0 Å². The predicted octanol–water partition coefficient (Wildman–Crippen LogP) is 3.33. The standard InChI is InChI=1S/C16H13BrN2O2/c17-9-1-2-12-11(7-9)14-13(8-18-12)19-15(21)16(14)5-3-10(20)4-6-16/h1-2,7-8H,3-6H2,(H,19,21). The van der Waals surface area contributed by atoms with Gasteiger partial charge >= 0.3 is 0 Å².